The third kappa shape index (κ3) is 6.89. The van der Waals surface area contributed by atoms with Crippen LogP contribution in [0.3, 0.4) is 0 Å². The van der Waals surface area contributed by atoms with Crippen molar-refractivity contribution in [2.45, 2.75) is 38.5 Å². The van der Waals surface area contributed by atoms with Gasteiger partial charge in [0.15, 0.2) is 17.3 Å². The first-order valence-electron chi connectivity index (χ1n) is 11.4. The number of amides is 1. The zero-order chi connectivity index (χ0) is 27.4. The number of piperidine rings is 1. The van der Waals surface area contributed by atoms with E-state index in [9.17, 15) is 31.1 Å². The number of ether oxygens (including phenoxy) is 1. The molecule has 0 spiro atoms. The highest BCUT2D eigenvalue weighted by Crippen LogP contribution is 2.31. The van der Waals surface area contributed by atoms with Crippen LogP contribution >= 0.6 is 11.5 Å². The van der Waals surface area contributed by atoms with Gasteiger partial charge in [-0.1, -0.05) is 0 Å². The average Bonchev–Trinajstić information content (AvgIpc) is 3.21. The molecule has 1 fully saturated rings. The number of likely N-dealkylation sites (tertiary alicyclic amines) is 1. The first kappa shape index (κ1) is 27.6. The number of hydrogen-bond donors (Lipinski definition) is 2. The van der Waals surface area contributed by atoms with E-state index in [4.69, 9.17) is 4.74 Å². The molecule has 38 heavy (non-hydrogen) atoms. The second kappa shape index (κ2) is 11.5. The zero-order valence-electron chi connectivity index (χ0n) is 19.9. The molecule has 3 heterocycles. The number of carbonyl (C=O) groups excluding carboxylic acids is 1. The molecule has 1 aliphatic rings. The molecule has 0 atom stereocenters. The molecule has 0 aliphatic carbocycles. The number of benzene rings is 1. The smallest absolute Gasteiger partial charge is 0.434 e. The van der Waals surface area contributed by atoms with Gasteiger partial charge in [-0.25, -0.2) is 23.1 Å². The van der Waals surface area contributed by atoms with Gasteiger partial charge in [0.25, 0.3) is 12.3 Å². The van der Waals surface area contributed by atoms with Crippen molar-refractivity contribution in [3.63, 3.8) is 0 Å². The lowest BCUT2D eigenvalue weighted by Crippen LogP contribution is -2.40. The van der Waals surface area contributed by atoms with Crippen molar-refractivity contribution >= 4 is 33.9 Å². The number of halogens is 6. The van der Waals surface area contributed by atoms with Crippen molar-refractivity contribution in [1.82, 2.24) is 19.2 Å². The summed E-state index contributed by atoms with van der Waals surface area (Å²) in [5, 5.41) is 5.61. The van der Waals surface area contributed by atoms with E-state index in [0.717, 1.165) is 23.8 Å². The molecule has 1 saturated heterocycles. The molecule has 0 bridgehead atoms. The van der Waals surface area contributed by atoms with Crippen molar-refractivity contribution in [2.75, 3.05) is 30.3 Å². The Kier molecular flexibility index (Phi) is 8.35. The van der Waals surface area contributed by atoms with E-state index >= 15 is 0 Å². The lowest BCUT2D eigenvalue weighted by molar-refractivity contribution is -0.141. The van der Waals surface area contributed by atoms with Gasteiger partial charge >= 0.3 is 6.18 Å². The Morgan fingerprint density at radius 1 is 1.21 bits per heavy atom. The lowest BCUT2D eigenvalue weighted by atomic mass is 10.1. The molecule has 4 rings (SSSR count). The molecule has 0 unspecified atom stereocenters. The quantitative estimate of drug-likeness (QED) is 0.352. The SMILES string of the molecule is Cc1nsc(Nc2cnc(C(F)(F)F)cn2)c1C(=O)Nc1ccc(F)c(OC2CCN(CC(F)F)CC2)c1. The van der Waals surface area contributed by atoms with Crippen LogP contribution in [0.2, 0.25) is 0 Å². The van der Waals surface area contributed by atoms with Crippen LogP contribution in [-0.2, 0) is 6.18 Å². The minimum absolute atomic E-state index is 0.0206. The molecule has 1 amide bonds. The normalized spacial score (nSPS) is 15.1. The lowest BCUT2D eigenvalue weighted by Gasteiger charge is -2.31. The van der Waals surface area contributed by atoms with Crippen LogP contribution in [0.1, 0.15) is 34.6 Å². The van der Waals surface area contributed by atoms with Crippen LogP contribution in [0.4, 0.5) is 42.8 Å². The summed E-state index contributed by atoms with van der Waals surface area (Å²) in [4.78, 5) is 21.7. The molecule has 15 heteroatoms. The highest BCUT2D eigenvalue weighted by atomic mass is 32.1. The van der Waals surface area contributed by atoms with Gasteiger partial charge < -0.3 is 15.4 Å². The summed E-state index contributed by atoms with van der Waals surface area (Å²) in [7, 11) is 0. The number of aryl methyl sites for hydroxylation is 1. The molecule has 0 saturated carbocycles. The van der Waals surface area contributed by atoms with Crippen molar-refractivity contribution in [3.05, 3.63) is 53.4 Å². The fourth-order valence-corrected chi connectivity index (χ4v) is 4.63. The number of nitrogens with one attached hydrogen (secondary N) is 2. The topological polar surface area (TPSA) is 92.3 Å². The summed E-state index contributed by atoms with van der Waals surface area (Å²) < 4.78 is 87.6. The molecular formula is C23H22F6N6O2S. The molecular weight excluding hydrogens is 538 g/mol. The number of hydrogen-bond acceptors (Lipinski definition) is 8. The van der Waals surface area contributed by atoms with Crippen LogP contribution < -0.4 is 15.4 Å². The van der Waals surface area contributed by atoms with Crippen molar-refractivity contribution in [1.29, 1.82) is 0 Å². The Morgan fingerprint density at radius 3 is 2.58 bits per heavy atom. The third-order valence-electron chi connectivity index (χ3n) is 5.69. The number of alkyl halides is 5. The maximum Gasteiger partial charge on any atom is 0.434 e. The minimum atomic E-state index is -4.64. The summed E-state index contributed by atoms with van der Waals surface area (Å²) in [6.07, 6.45) is -5.07. The van der Waals surface area contributed by atoms with Gasteiger partial charge in [-0.2, -0.15) is 17.5 Å². The summed E-state index contributed by atoms with van der Waals surface area (Å²) in [5.74, 6) is -1.35. The monoisotopic (exact) mass is 560 g/mol. The Morgan fingerprint density at radius 2 is 1.95 bits per heavy atom. The van der Waals surface area contributed by atoms with Gasteiger partial charge in [-0.3, -0.25) is 9.69 Å². The van der Waals surface area contributed by atoms with Crippen LogP contribution in [0.15, 0.2) is 30.6 Å². The van der Waals surface area contributed by atoms with E-state index in [2.05, 4.69) is 25.0 Å². The van der Waals surface area contributed by atoms with Gasteiger partial charge in [0, 0.05) is 24.8 Å². The fourth-order valence-electron chi connectivity index (χ4n) is 3.83. The maximum absolute atomic E-state index is 14.4. The number of aromatic nitrogens is 3. The number of anilines is 3. The number of nitrogens with zero attached hydrogens (tertiary/aromatic N) is 4. The predicted octanol–water partition coefficient (Wildman–Crippen LogP) is 5.50. The van der Waals surface area contributed by atoms with Gasteiger partial charge in [-0.05, 0) is 43.4 Å². The standard InChI is InChI=1S/C23H22F6N6O2S/c1-12-20(22(38-34-12)33-19-10-30-17(9-31-19)23(27,28)29)21(36)32-13-2-3-15(24)16(8-13)37-14-4-6-35(7-5-14)11-18(25)26/h2-3,8-10,14,18H,4-7,11H2,1H3,(H,31,33)(H,32,36). The summed E-state index contributed by atoms with van der Waals surface area (Å²) >= 11 is 0.905. The summed E-state index contributed by atoms with van der Waals surface area (Å²) in [6.45, 7) is 2.06. The molecule has 1 aliphatic heterocycles. The van der Waals surface area contributed by atoms with E-state index < -0.39 is 30.0 Å². The number of carbonyl (C=O) groups is 1. The van der Waals surface area contributed by atoms with Gasteiger partial charge in [0.05, 0.1) is 30.2 Å². The van der Waals surface area contributed by atoms with Gasteiger partial charge in [0.1, 0.15) is 16.9 Å². The van der Waals surface area contributed by atoms with Crippen molar-refractivity contribution in [2.24, 2.45) is 0 Å². The molecule has 8 nitrogen and oxygen atoms in total. The van der Waals surface area contributed by atoms with Crippen LogP contribution in [0.25, 0.3) is 0 Å². The molecule has 1 aromatic carbocycles. The first-order valence-corrected chi connectivity index (χ1v) is 12.2. The van der Waals surface area contributed by atoms with E-state index in [1.165, 1.54) is 12.1 Å². The molecule has 2 aromatic heterocycles. The average molecular weight is 561 g/mol. The maximum atomic E-state index is 14.4. The third-order valence-corrected chi connectivity index (χ3v) is 6.54. The molecule has 3 aromatic rings. The molecule has 204 valence electrons. The first-order chi connectivity index (χ1) is 18.0. The van der Waals surface area contributed by atoms with Crippen LogP contribution in [0, 0.1) is 12.7 Å². The Labute approximate surface area is 217 Å². The highest BCUT2D eigenvalue weighted by molar-refractivity contribution is 7.10. The van der Waals surface area contributed by atoms with Crippen LogP contribution in [0.5, 0.6) is 5.75 Å². The second-order valence-corrected chi connectivity index (χ2v) is 9.26. The van der Waals surface area contributed by atoms with Crippen LogP contribution in [-0.4, -0.2) is 57.3 Å². The zero-order valence-corrected chi connectivity index (χ0v) is 20.7. The van der Waals surface area contributed by atoms with Crippen molar-refractivity contribution < 1.29 is 35.9 Å². The number of rotatable bonds is 8. The van der Waals surface area contributed by atoms with E-state index in [1.807, 2.05) is 0 Å². The Hall–Kier alpha value is -3.46. The largest absolute Gasteiger partial charge is 0.487 e. The Balaban J connectivity index is 1.42. The van der Waals surface area contributed by atoms with E-state index in [0.29, 0.717) is 37.8 Å². The summed E-state index contributed by atoms with van der Waals surface area (Å²) in [6, 6.07) is 3.80. The van der Waals surface area contributed by atoms with Gasteiger partial charge in [0.2, 0.25) is 0 Å². The second-order valence-electron chi connectivity index (χ2n) is 8.49. The minimum Gasteiger partial charge on any atom is -0.487 e. The van der Waals surface area contributed by atoms with Gasteiger partial charge in [-0.15, -0.1) is 0 Å². The molecule has 0 radical (unpaired) electrons. The predicted molar refractivity (Wildman–Crippen MR) is 128 cm³/mol. The van der Waals surface area contributed by atoms with E-state index in [-0.39, 0.29) is 40.5 Å². The Bertz CT molecular complexity index is 1260. The highest BCUT2D eigenvalue weighted by Gasteiger charge is 2.33. The summed E-state index contributed by atoms with van der Waals surface area (Å²) in [5.41, 5.74) is -0.458. The fraction of sp³-hybridized carbons (Fsp3) is 0.391. The van der Waals surface area contributed by atoms with Crippen molar-refractivity contribution in [3.8, 4) is 5.75 Å². The van der Waals surface area contributed by atoms with E-state index in [1.54, 1.807) is 11.8 Å². The molecule has 2 N–H and O–H groups in total.